The average Bonchev–Trinajstić information content (AvgIpc) is 3.29. The van der Waals surface area contributed by atoms with Gasteiger partial charge >= 0.3 is 5.69 Å². The third-order valence-electron chi connectivity index (χ3n) is 6.10. The van der Waals surface area contributed by atoms with Gasteiger partial charge in [0.25, 0.3) is 5.56 Å². The Morgan fingerprint density at radius 2 is 1.84 bits per heavy atom. The Labute approximate surface area is 191 Å². The van der Waals surface area contributed by atoms with E-state index in [1.54, 1.807) is 49.4 Å². The summed E-state index contributed by atoms with van der Waals surface area (Å²) in [5.74, 6) is -0.261. The Morgan fingerprint density at radius 1 is 1.12 bits per heavy atom. The minimum absolute atomic E-state index is 0.261. The minimum Gasteiger partial charge on any atom is -0.353 e. The van der Waals surface area contributed by atoms with Crippen molar-refractivity contribution in [3.63, 3.8) is 0 Å². The van der Waals surface area contributed by atoms with Crippen molar-refractivity contribution in [2.24, 2.45) is 0 Å². The predicted octanol–water partition coefficient (Wildman–Crippen LogP) is 2.89. The zero-order valence-corrected chi connectivity index (χ0v) is 19.1. The summed E-state index contributed by atoms with van der Waals surface area (Å²) in [6.45, 7) is 6.94. The highest BCUT2D eigenvalue weighted by Gasteiger charge is 2.23. The summed E-state index contributed by atoms with van der Waals surface area (Å²) in [6.07, 6.45) is 2.38. The SMILES string of the molecule is Cc1ccc(-n2c(=O)c3ccccc3n(C(C)C(=O)NCCN3CCCC3)c2=O)cc1Cl. The average molecular weight is 455 g/mol. The molecule has 32 heavy (non-hydrogen) atoms. The van der Waals surface area contributed by atoms with E-state index in [0.717, 1.165) is 29.8 Å². The third-order valence-corrected chi connectivity index (χ3v) is 6.51. The molecule has 1 aliphatic heterocycles. The van der Waals surface area contributed by atoms with Crippen LogP contribution in [0.4, 0.5) is 0 Å². The maximum absolute atomic E-state index is 13.5. The first-order valence-corrected chi connectivity index (χ1v) is 11.3. The van der Waals surface area contributed by atoms with Gasteiger partial charge in [-0.25, -0.2) is 9.36 Å². The second kappa shape index (κ2) is 9.30. The lowest BCUT2D eigenvalue weighted by molar-refractivity contribution is -0.123. The molecule has 4 rings (SSSR count). The molecule has 2 aromatic carbocycles. The number of nitrogens with zero attached hydrogens (tertiary/aromatic N) is 3. The topological polar surface area (TPSA) is 76.3 Å². The highest BCUT2D eigenvalue weighted by atomic mass is 35.5. The molecule has 1 N–H and O–H groups in total. The molecular formula is C24H27ClN4O3. The summed E-state index contributed by atoms with van der Waals surface area (Å²) in [5, 5.41) is 3.76. The maximum Gasteiger partial charge on any atom is 0.336 e. The summed E-state index contributed by atoms with van der Waals surface area (Å²) >= 11 is 6.26. The summed E-state index contributed by atoms with van der Waals surface area (Å²) < 4.78 is 2.47. The van der Waals surface area contributed by atoms with Crippen LogP contribution in [0.25, 0.3) is 16.6 Å². The Balaban J connectivity index is 1.74. The van der Waals surface area contributed by atoms with Crippen molar-refractivity contribution >= 4 is 28.4 Å². The number of carbonyl (C=O) groups excluding carboxylic acids is 1. The van der Waals surface area contributed by atoms with E-state index in [0.29, 0.717) is 28.2 Å². The quantitative estimate of drug-likeness (QED) is 0.621. The van der Waals surface area contributed by atoms with Crippen LogP contribution in [0.5, 0.6) is 0 Å². The lowest BCUT2D eigenvalue weighted by Gasteiger charge is -2.21. The Morgan fingerprint density at radius 3 is 2.56 bits per heavy atom. The van der Waals surface area contributed by atoms with Gasteiger partial charge in [0.1, 0.15) is 6.04 Å². The van der Waals surface area contributed by atoms with Crippen molar-refractivity contribution in [1.82, 2.24) is 19.4 Å². The second-order valence-electron chi connectivity index (χ2n) is 8.26. The van der Waals surface area contributed by atoms with Crippen LogP contribution < -0.4 is 16.6 Å². The molecule has 168 valence electrons. The number of nitrogens with one attached hydrogen (secondary N) is 1. The van der Waals surface area contributed by atoms with Gasteiger partial charge in [-0.05, 0) is 69.6 Å². The minimum atomic E-state index is -0.793. The van der Waals surface area contributed by atoms with Crippen LogP contribution in [0.1, 0.15) is 31.4 Å². The lowest BCUT2D eigenvalue weighted by Crippen LogP contribution is -2.44. The number of hydrogen-bond acceptors (Lipinski definition) is 4. The standard InChI is InChI=1S/C24H27ClN4O3/c1-16-9-10-18(15-20(16)25)29-23(31)19-7-3-4-8-21(19)28(24(29)32)17(2)22(30)26-11-14-27-12-5-6-13-27/h3-4,7-10,15,17H,5-6,11-14H2,1-2H3,(H,26,30). The van der Waals surface area contributed by atoms with E-state index >= 15 is 0 Å². The number of amides is 1. The first-order chi connectivity index (χ1) is 15.4. The number of para-hydroxylation sites is 1. The van der Waals surface area contributed by atoms with E-state index in [1.807, 2.05) is 6.92 Å². The van der Waals surface area contributed by atoms with Crippen LogP contribution in [-0.2, 0) is 4.79 Å². The molecule has 7 nitrogen and oxygen atoms in total. The van der Waals surface area contributed by atoms with Crippen LogP contribution >= 0.6 is 11.6 Å². The summed E-state index contributed by atoms with van der Waals surface area (Å²) in [7, 11) is 0. The number of halogens is 1. The molecule has 1 aromatic heterocycles. The van der Waals surface area contributed by atoms with Crippen LogP contribution in [0.2, 0.25) is 5.02 Å². The van der Waals surface area contributed by atoms with Crippen LogP contribution in [0, 0.1) is 6.92 Å². The molecule has 1 aliphatic rings. The summed E-state index contributed by atoms with van der Waals surface area (Å²) in [4.78, 5) is 42.0. The lowest BCUT2D eigenvalue weighted by atomic mass is 10.2. The maximum atomic E-state index is 13.5. The van der Waals surface area contributed by atoms with E-state index in [-0.39, 0.29) is 5.91 Å². The van der Waals surface area contributed by atoms with Gasteiger partial charge in [0.05, 0.1) is 16.6 Å². The Bertz CT molecular complexity index is 1270. The number of benzene rings is 2. The molecule has 2 heterocycles. The van der Waals surface area contributed by atoms with Crippen molar-refractivity contribution in [2.45, 2.75) is 32.7 Å². The van der Waals surface area contributed by atoms with Crippen LogP contribution in [-0.4, -0.2) is 46.1 Å². The molecule has 0 radical (unpaired) electrons. The molecule has 1 unspecified atom stereocenters. The molecule has 1 amide bonds. The number of hydrogen-bond donors (Lipinski definition) is 1. The Kier molecular flexibility index (Phi) is 6.48. The highest BCUT2D eigenvalue weighted by molar-refractivity contribution is 6.31. The molecule has 1 saturated heterocycles. The second-order valence-corrected chi connectivity index (χ2v) is 8.67. The number of fused-ring (bicyclic) bond motifs is 1. The fourth-order valence-corrected chi connectivity index (χ4v) is 4.39. The molecule has 8 heteroatoms. The third kappa shape index (κ3) is 4.23. The van der Waals surface area contributed by atoms with E-state index in [2.05, 4.69) is 10.2 Å². The normalized spacial score (nSPS) is 15.2. The van der Waals surface area contributed by atoms with Crippen LogP contribution in [0.3, 0.4) is 0 Å². The fourth-order valence-electron chi connectivity index (χ4n) is 4.21. The van der Waals surface area contributed by atoms with Gasteiger partial charge in [0.15, 0.2) is 0 Å². The molecule has 0 spiro atoms. The van der Waals surface area contributed by atoms with Gasteiger partial charge in [0, 0.05) is 18.1 Å². The van der Waals surface area contributed by atoms with Crippen LogP contribution in [0.15, 0.2) is 52.1 Å². The first kappa shape index (κ1) is 22.3. The highest BCUT2D eigenvalue weighted by Crippen LogP contribution is 2.19. The molecule has 0 bridgehead atoms. The van der Waals surface area contributed by atoms with Crippen molar-refractivity contribution in [3.8, 4) is 5.69 Å². The number of aryl methyl sites for hydroxylation is 1. The molecule has 0 saturated carbocycles. The fraction of sp³-hybridized carbons (Fsp3) is 0.375. The van der Waals surface area contributed by atoms with Gasteiger partial charge < -0.3 is 10.2 Å². The number of rotatable bonds is 6. The van der Waals surface area contributed by atoms with Gasteiger partial charge in [-0.3, -0.25) is 14.2 Å². The molecule has 3 aromatic rings. The van der Waals surface area contributed by atoms with Crippen molar-refractivity contribution < 1.29 is 4.79 Å². The molecular weight excluding hydrogens is 428 g/mol. The van der Waals surface area contributed by atoms with E-state index < -0.39 is 17.3 Å². The van der Waals surface area contributed by atoms with E-state index in [9.17, 15) is 14.4 Å². The zero-order chi connectivity index (χ0) is 22.8. The van der Waals surface area contributed by atoms with E-state index in [4.69, 9.17) is 11.6 Å². The van der Waals surface area contributed by atoms with Crippen molar-refractivity contribution in [3.05, 3.63) is 73.9 Å². The first-order valence-electron chi connectivity index (χ1n) is 10.9. The zero-order valence-electron chi connectivity index (χ0n) is 18.3. The van der Waals surface area contributed by atoms with Gasteiger partial charge in [-0.1, -0.05) is 29.8 Å². The smallest absolute Gasteiger partial charge is 0.336 e. The van der Waals surface area contributed by atoms with Gasteiger partial charge in [0.2, 0.25) is 5.91 Å². The van der Waals surface area contributed by atoms with Gasteiger partial charge in [-0.2, -0.15) is 0 Å². The largest absolute Gasteiger partial charge is 0.353 e. The van der Waals surface area contributed by atoms with Gasteiger partial charge in [-0.15, -0.1) is 0 Å². The van der Waals surface area contributed by atoms with Crippen molar-refractivity contribution in [2.75, 3.05) is 26.2 Å². The number of carbonyl (C=O) groups is 1. The summed E-state index contributed by atoms with van der Waals surface area (Å²) in [6, 6.07) is 11.1. The monoisotopic (exact) mass is 454 g/mol. The number of likely N-dealkylation sites (tertiary alicyclic amines) is 1. The molecule has 1 fully saturated rings. The summed E-state index contributed by atoms with van der Waals surface area (Å²) in [5.41, 5.74) is 0.630. The Hall–Kier alpha value is -2.90. The van der Waals surface area contributed by atoms with Crippen molar-refractivity contribution in [1.29, 1.82) is 0 Å². The number of aromatic nitrogens is 2. The molecule has 1 atom stereocenters. The molecule has 0 aliphatic carbocycles. The van der Waals surface area contributed by atoms with E-state index in [1.165, 1.54) is 17.4 Å². The predicted molar refractivity (Wildman–Crippen MR) is 127 cm³/mol.